The molecular formula is C14H22O6. The highest BCUT2D eigenvalue weighted by Crippen LogP contribution is 2.17. The van der Waals surface area contributed by atoms with Crippen LogP contribution < -0.4 is 0 Å². The summed E-state index contributed by atoms with van der Waals surface area (Å²) in [7, 11) is 0. The van der Waals surface area contributed by atoms with Crippen LogP contribution in [0.25, 0.3) is 0 Å². The van der Waals surface area contributed by atoms with E-state index in [2.05, 4.69) is 0 Å². The topological polar surface area (TPSA) is 89.9 Å². The summed E-state index contributed by atoms with van der Waals surface area (Å²) in [5.74, 6) is -3.63. The van der Waals surface area contributed by atoms with Gasteiger partial charge in [0.05, 0.1) is 6.42 Å². The van der Waals surface area contributed by atoms with E-state index in [9.17, 15) is 14.4 Å². The van der Waals surface area contributed by atoms with Crippen molar-refractivity contribution in [2.75, 3.05) is 0 Å². The van der Waals surface area contributed by atoms with Gasteiger partial charge >= 0.3 is 17.9 Å². The number of ether oxygens (including phenoxy) is 2. The molecule has 0 heterocycles. The molecule has 2 atom stereocenters. The van der Waals surface area contributed by atoms with Gasteiger partial charge in [-0.2, -0.15) is 0 Å². The Labute approximate surface area is 118 Å². The van der Waals surface area contributed by atoms with Crippen molar-refractivity contribution in [2.24, 2.45) is 5.92 Å². The Morgan fingerprint density at radius 1 is 1.25 bits per heavy atom. The number of rotatable bonds is 6. The molecule has 0 saturated heterocycles. The average molecular weight is 286 g/mol. The monoisotopic (exact) mass is 286 g/mol. The molecule has 0 bridgehead atoms. The van der Waals surface area contributed by atoms with Crippen molar-refractivity contribution in [3.8, 4) is 0 Å². The largest absolute Gasteiger partial charge is 0.481 e. The molecule has 6 heteroatoms. The van der Waals surface area contributed by atoms with Crippen LogP contribution >= 0.6 is 0 Å². The number of carbonyl (C=O) groups excluding carboxylic acids is 2. The van der Waals surface area contributed by atoms with Crippen LogP contribution in [0, 0.1) is 5.92 Å². The Morgan fingerprint density at radius 3 is 2.20 bits per heavy atom. The first-order valence-electron chi connectivity index (χ1n) is 6.34. The lowest BCUT2D eigenvalue weighted by Gasteiger charge is -2.23. The molecule has 0 saturated carbocycles. The predicted octanol–water partition coefficient (Wildman–Crippen LogP) is 1.93. The number of carbonyl (C=O) groups is 3. The molecule has 20 heavy (non-hydrogen) atoms. The lowest BCUT2D eigenvalue weighted by atomic mass is 9.99. The maximum Gasteiger partial charge on any atom is 0.330 e. The quantitative estimate of drug-likeness (QED) is 0.592. The second-order valence-corrected chi connectivity index (χ2v) is 5.38. The molecule has 0 unspecified atom stereocenters. The lowest BCUT2D eigenvalue weighted by molar-refractivity contribution is -0.165. The third kappa shape index (κ3) is 7.56. The van der Waals surface area contributed by atoms with Gasteiger partial charge in [0.1, 0.15) is 17.6 Å². The second-order valence-electron chi connectivity index (χ2n) is 5.38. The van der Waals surface area contributed by atoms with Crippen LogP contribution in [0.15, 0.2) is 12.2 Å². The number of allylic oxidation sites excluding steroid dienone is 1. The Kier molecular flexibility index (Phi) is 6.96. The van der Waals surface area contributed by atoms with Crippen LogP contribution in [0.5, 0.6) is 0 Å². The molecule has 6 nitrogen and oxygen atoms in total. The normalized spacial score (nSPS) is 14.7. The molecule has 114 valence electrons. The minimum atomic E-state index is -1.21. The molecule has 0 aromatic carbocycles. The zero-order valence-corrected chi connectivity index (χ0v) is 12.5. The van der Waals surface area contributed by atoms with Crippen molar-refractivity contribution >= 4 is 17.9 Å². The summed E-state index contributed by atoms with van der Waals surface area (Å²) in [5.41, 5.74) is -0.689. The summed E-state index contributed by atoms with van der Waals surface area (Å²) in [6, 6.07) is 0. The maximum atomic E-state index is 11.6. The van der Waals surface area contributed by atoms with Crippen LogP contribution in [-0.2, 0) is 23.9 Å². The maximum absolute atomic E-state index is 11.6. The highest BCUT2D eigenvalue weighted by Gasteiger charge is 2.31. The van der Waals surface area contributed by atoms with Gasteiger partial charge in [-0.05, 0) is 34.6 Å². The van der Waals surface area contributed by atoms with Gasteiger partial charge in [-0.25, -0.2) is 4.79 Å². The number of carboxylic acids is 1. The molecule has 0 aliphatic rings. The van der Waals surface area contributed by atoms with Gasteiger partial charge in [0.15, 0.2) is 0 Å². The van der Waals surface area contributed by atoms with Gasteiger partial charge in [0.25, 0.3) is 0 Å². The van der Waals surface area contributed by atoms with E-state index in [1.165, 1.54) is 19.1 Å². The van der Waals surface area contributed by atoms with Gasteiger partial charge < -0.3 is 14.6 Å². The van der Waals surface area contributed by atoms with Crippen LogP contribution in [-0.4, -0.2) is 34.7 Å². The van der Waals surface area contributed by atoms with Crippen LogP contribution in [0.1, 0.15) is 41.0 Å². The minimum absolute atomic E-state index is 0.350. The first-order chi connectivity index (χ1) is 9.06. The van der Waals surface area contributed by atoms with E-state index in [4.69, 9.17) is 14.6 Å². The molecule has 0 rings (SSSR count). The Morgan fingerprint density at radius 2 is 1.80 bits per heavy atom. The fourth-order valence-electron chi connectivity index (χ4n) is 1.46. The predicted molar refractivity (Wildman–Crippen MR) is 72.0 cm³/mol. The zero-order chi connectivity index (χ0) is 15.9. The summed E-state index contributed by atoms with van der Waals surface area (Å²) in [6.45, 7) is 8.15. The fraction of sp³-hybridized carbons (Fsp3) is 0.643. The number of hydrogen-bond donors (Lipinski definition) is 1. The molecule has 0 aromatic rings. The number of esters is 2. The second kappa shape index (κ2) is 7.67. The van der Waals surface area contributed by atoms with Gasteiger partial charge in [-0.15, -0.1) is 0 Å². The van der Waals surface area contributed by atoms with Crippen molar-refractivity contribution in [2.45, 2.75) is 52.7 Å². The third-order valence-electron chi connectivity index (χ3n) is 2.30. The van der Waals surface area contributed by atoms with Crippen molar-refractivity contribution in [3.63, 3.8) is 0 Å². The van der Waals surface area contributed by atoms with E-state index in [1.54, 1.807) is 27.7 Å². The molecule has 1 N–H and O–H groups in total. The van der Waals surface area contributed by atoms with E-state index in [-0.39, 0.29) is 6.42 Å². The summed E-state index contributed by atoms with van der Waals surface area (Å²) >= 11 is 0. The number of aliphatic carboxylic acids is 1. The molecule has 0 aliphatic carbocycles. The molecule has 0 fully saturated rings. The standard InChI is InChI=1S/C14H22O6/c1-6-7-11(15)19-9(2)10(13(17)18)8-12(16)20-14(3,4)5/h6-7,9-10H,8H2,1-5H3,(H,17,18)/b7-6+/t9-,10+/m1/s1. The Balaban J connectivity index is 4.69. The number of hydrogen-bond acceptors (Lipinski definition) is 5. The third-order valence-corrected chi connectivity index (χ3v) is 2.30. The highest BCUT2D eigenvalue weighted by atomic mass is 16.6. The van der Waals surface area contributed by atoms with E-state index < -0.39 is 35.5 Å². The summed E-state index contributed by atoms with van der Waals surface area (Å²) in [6.07, 6.45) is 1.39. The van der Waals surface area contributed by atoms with Crippen LogP contribution in [0.2, 0.25) is 0 Å². The van der Waals surface area contributed by atoms with E-state index >= 15 is 0 Å². The van der Waals surface area contributed by atoms with E-state index in [1.807, 2.05) is 0 Å². The fourth-order valence-corrected chi connectivity index (χ4v) is 1.46. The van der Waals surface area contributed by atoms with E-state index in [0.717, 1.165) is 0 Å². The van der Waals surface area contributed by atoms with Gasteiger partial charge in [-0.1, -0.05) is 6.08 Å². The highest BCUT2D eigenvalue weighted by molar-refractivity contribution is 5.83. The van der Waals surface area contributed by atoms with Crippen molar-refractivity contribution < 1.29 is 29.0 Å². The average Bonchev–Trinajstić information content (AvgIpc) is 2.22. The van der Waals surface area contributed by atoms with Crippen LogP contribution in [0.4, 0.5) is 0 Å². The molecule has 0 aromatic heterocycles. The van der Waals surface area contributed by atoms with Gasteiger partial charge in [0.2, 0.25) is 0 Å². The van der Waals surface area contributed by atoms with Crippen molar-refractivity contribution in [3.05, 3.63) is 12.2 Å². The molecular weight excluding hydrogens is 264 g/mol. The first-order valence-corrected chi connectivity index (χ1v) is 6.34. The molecule has 0 aliphatic heterocycles. The number of carboxylic acid groups (broad SMARTS) is 1. The molecule has 0 amide bonds. The summed E-state index contributed by atoms with van der Waals surface area (Å²) < 4.78 is 10.00. The lowest BCUT2D eigenvalue weighted by Crippen LogP contribution is -2.34. The van der Waals surface area contributed by atoms with Gasteiger partial charge in [-0.3, -0.25) is 9.59 Å². The van der Waals surface area contributed by atoms with Gasteiger partial charge in [0, 0.05) is 6.08 Å². The van der Waals surface area contributed by atoms with Crippen molar-refractivity contribution in [1.82, 2.24) is 0 Å². The Bertz CT molecular complexity index is 391. The van der Waals surface area contributed by atoms with E-state index in [0.29, 0.717) is 0 Å². The van der Waals surface area contributed by atoms with Crippen molar-refractivity contribution in [1.29, 1.82) is 0 Å². The Hall–Kier alpha value is -1.85. The zero-order valence-electron chi connectivity index (χ0n) is 12.5. The summed E-state index contributed by atoms with van der Waals surface area (Å²) in [4.78, 5) is 34.1. The smallest absolute Gasteiger partial charge is 0.330 e. The molecule has 0 spiro atoms. The summed E-state index contributed by atoms with van der Waals surface area (Å²) in [5, 5.41) is 9.12. The van der Waals surface area contributed by atoms with Crippen LogP contribution in [0.3, 0.4) is 0 Å². The minimum Gasteiger partial charge on any atom is -0.481 e. The SMILES string of the molecule is C/C=C/C(=O)O[C@H](C)[C@H](CC(=O)OC(C)(C)C)C(=O)O. The molecule has 0 radical (unpaired) electrons. The first kappa shape index (κ1) is 18.1.